The van der Waals surface area contributed by atoms with Crippen molar-refractivity contribution in [2.24, 2.45) is 5.92 Å². The average molecular weight is 493 g/mol. The number of amides is 1. The van der Waals surface area contributed by atoms with E-state index in [1.807, 2.05) is 30.3 Å². The van der Waals surface area contributed by atoms with Crippen molar-refractivity contribution in [1.82, 2.24) is 4.90 Å². The number of nitro benzene ring substituents is 1. The van der Waals surface area contributed by atoms with Crippen molar-refractivity contribution in [3.8, 4) is 0 Å². The summed E-state index contributed by atoms with van der Waals surface area (Å²) < 4.78 is 6.74. The fraction of sp³-hybridized carbons (Fsp3) is 0.296. The second kappa shape index (κ2) is 9.41. The highest BCUT2D eigenvalue weighted by atomic mass is 35.5. The van der Waals surface area contributed by atoms with E-state index in [-0.39, 0.29) is 30.2 Å². The lowest BCUT2D eigenvalue weighted by Crippen LogP contribution is -2.47. The van der Waals surface area contributed by atoms with Crippen LogP contribution in [0, 0.1) is 16.0 Å². The lowest BCUT2D eigenvalue weighted by Gasteiger charge is -2.40. The smallest absolute Gasteiger partial charge is 0.269 e. The summed E-state index contributed by atoms with van der Waals surface area (Å²) in [6, 6.07) is 20.9. The summed E-state index contributed by atoms with van der Waals surface area (Å²) in [6.07, 6.45) is 1.93. The fourth-order valence-corrected chi connectivity index (χ4v) is 5.28. The summed E-state index contributed by atoms with van der Waals surface area (Å²) in [6.45, 7) is 0.569. The molecule has 7 nitrogen and oxygen atoms in total. The number of non-ortho nitro benzene ring substituents is 1. The molecule has 0 bridgehead atoms. The Morgan fingerprint density at radius 3 is 2.43 bits per heavy atom. The second-order valence-corrected chi connectivity index (χ2v) is 9.59. The predicted molar refractivity (Wildman–Crippen MR) is 131 cm³/mol. The molecule has 1 saturated carbocycles. The first-order valence-corrected chi connectivity index (χ1v) is 12.0. The number of halogens is 1. The van der Waals surface area contributed by atoms with E-state index in [0.29, 0.717) is 23.6 Å². The van der Waals surface area contributed by atoms with Gasteiger partial charge >= 0.3 is 0 Å². The van der Waals surface area contributed by atoms with Gasteiger partial charge < -0.3 is 9.84 Å². The van der Waals surface area contributed by atoms with Gasteiger partial charge in [0, 0.05) is 40.4 Å². The van der Waals surface area contributed by atoms with Gasteiger partial charge in [0.05, 0.1) is 17.6 Å². The number of fused-ring (bicyclic) bond motifs is 1. The molecule has 3 unspecified atom stereocenters. The third-order valence-corrected chi connectivity index (χ3v) is 7.16. The van der Waals surface area contributed by atoms with Crippen LogP contribution in [0.1, 0.15) is 46.3 Å². The monoisotopic (exact) mass is 492 g/mol. The van der Waals surface area contributed by atoms with E-state index in [1.165, 1.54) is 12.1 Å². The first-order valence-electron chi connectivity index (χ1n) is 11.6. The van der Waals surface area contributed by atoms with Gasteiger partial charge in [-0.05, 0) is 48.9 Å². The van der Waals surface area contributed by atoms with Gasteiger partial charge in [-0.3, -0.25) is 19.8 Å². The van der Waals surface area contributed by atoms with E-state index in [9.17, 15) is 20.0 Å². The fourth-order valence-electron chi connectivity index (χ4n) is 5.15. The summed E-state index contributed by atoms with van der Waals surface area (Å²) in [5.41, 5.74) is 1.59. The summed E-state index contributed by atoms with van der Waals surface area (Å²) in [5.74, 6) is -0.00127. The van der Waals surface area contributed by atoms with Gasteiger partial charge in [0.2, 0.25) is 0 Å². The number of hydrogen-bond acceptors (Lipinski definition) is 5. The maximum absolute atomic E-state index is 13.8. The largest absolute Gasteiger partial charge is 0.393 e. The van der Waals surface area contributed by atoms with Crippen LogP contribution in [0.2, 0.25) is 5.02 Å². The molecule has 8 heteroatoms. The van der Waals surface area contributed by atoms with Crippen molar-refractivity contribution in [3.05, 3.63) is 110 Å². The zero-order valence-electron chi connectivity index (χ0n) is 19.0. The molecule has 0 spiro atoms. The third kappa shape index (κ3) is 4.31. The molecule has 5 rings (SSSR count). The number of carbonyl (C=O) groups is 1. The van der Waals surface area contributed by atoms with Gasteiger partial charge in [-0.2, -0.15) is 0 Å². The van der Waals surface area contributed by atoms with E-state index in [4.69, 9.17) is 16.3 Å². The van der Waals surface area contributed by atoms with Crippen LogP contribution >= 0.6 is 11.6 Å². The highest BCUT2D eigenvalue weighted by molar-refractivity contribution is 6.30. The van der Waals surface area contributed by atoms with Crippen molar-refractivity contribution in [3.63, 3.8) is 0 Å². The van der Waals surface area contributed by atoms with E-state index in [1.54, 1.807) is 35.2 Å². The van der Waals surface area contributed by atoms with Crippen LogP contribution in [-0.2, 0) is 17.0 Å². The minimum atomic E-state index is -1.20. The highest BCUT2D eigenvalue weighted by Crippen LogP contribution is 2.47. The number of nitro groups is 1. The third-order valence-electron chi connectivity index (χ3n) is 6.91. The van der Waals surface area contributed by atoms with Crippen LogP contribution in [0.3, 0.4) is 0 Å². The van der Waals surface area contributed by atoms with Gasteiger partial charge in [-0.15, -0.1) is 0 Å². The van der Waals surface area contributed by atoms with Crippen molar-refractivity contribution < 1.29 is 19.6 Å². The van der Waals surface area contributed by atoms with Gasteiger partial charge in [-0.25, -0.2) is 0 Å². The minimum absolute atomic E-state index is 0.00945. The number of ether oxygens (including phenoxy) is 1. The number of aliphatic hydroxyl groups excluding tert-OH is 1. The van der Waals surface area contributed by atoms with Gasteiger partial charge in [-0.1, -0.05) is 54.1 Å². The normalized spacial score (nSPS) is 23.5. The van der Waals surface area contributed by atoms with E-state index < -0.39 is 10.6 Å². The van der Waals surface area contributed by atoms with E-state index in [0.717, 1.165) is 29.5 Å². The number of aliphatic hydroxyl groups is 1. The van der Waals surface area contributed by atoms with Crippen LogP contribution < -0.4 is 0 Å². The van der Waals surface area contributed by atoms with E-state index >= 15 is 0 Å². The molecule has 180 valence electrons. The molecule has 1 heterocycles. The van der Waals surface area contributed by atoms with E-state index in [2.05, 4.69) is 0 Å². The maximum atomic E-state index is 13.8. The molecule has 1 aliphatic heterocycles. The number of hydrogen-bond donors (Lipinski definition) is 1. The lowest BCUT2D eigenvalue weighted by atomic mass is 9.93. The topological polar surface area (TPSA) is 92.9 Å². The highest BCUT2D eigenvalue weighted by Gasteiger charge is 2.52. The first-order chi connectivity index (χ1) is 16.9. The first kappa shape index (κ1) is 23.5. The molecule has 1 fully saturated rings. The quantitative estimate of drug-likeness (QED) is 0.357. The second-order valence-electron chi connectivity index (χ2n) is 9.16. The predicted octanol–water partition coefficient (Wildman–Crippen LogP) is 5.28. The summed E-state index contributed by atoms with van der Waals surface area (Å²) in [4.78, 5) is 26.1. The molecule has 0 aromatic heterocycles. The Hall–Kier alpha value is -3.26. The molecule has 3 aromatic rings. The summed E-state index contributed by atoms with van der Waals surface area (Å²) in [5, 5.41) is 21.7. The summed E-state index contributed by atoms with van der Waals surface area (Å²) >= 11 is 6.19. The van der Waals surface area contributed by atoms with Gasteiger partial charge in [0.25, 0.3) is 11.6 Å². The van der Waals surface area contributed by atoms with Crippen LogP contribution in [0.5, 0.6) is 0 Å². The minimum Gasteiger partial charge on any atom is -0.393 e. The Morgan fingerprint density at radius 1 is 1.06 bits per heavy atom. The van der Waals surface area contributed by atoms with Crippen molar-refractivity contribution in [2.75, 3.05) is 6.61 Å². The Bertz CT molecular complexity index is 1250. The molecular formula is C27H25ClN2O5. The molecule has 35 heavy (non-hydrogen) atoms. The number of nitrogens with zero attached hydrogens (tertiary/aromatic N) is 2. The van der Waals surface area contributed by atoms with Gasteiger partial charge in [0.15, 0.2) is 5.72 Å². The Kier molecular flexibility index (Phi) is 6.32. The molecule has 1 amide bonds. The van der Waals surface area contributed by atoms with Crippen LogP contribution in [0.4, 0.5) is 5.69 Å². The molecule has 0 saturated heterocycles. The molecule has 3 aromatic carbocycles. The molecule has 3 atom stereocenters. The van der Waals surface area contributed by atoms with Gasteiger partial charge in [0.1, 0.15) is 0 Å². The number of carbonyl (C=O) groups excluding carboxylic acids is 1. The lowest BCUT2D eigenvalue weighted by molar-refractivity contribution is -0.384. The zero-order chi connectivity index (χ0) is 24.6. The van der Waals surface area contributed by atoms with Crippen molar-refractivity contribution >= 4 is 23.2 Å². The number of benzene rings is 3. The molecule has 1 N–H and O–H groups in total. The van der Waals surface area contributed by atoms with Crippen LogP contribution in [0.15, 0.2) is 72.8 Å². The maximum Gasteiger partial charge on any atom is 0.269 e. The summed E-state index contributed by atoms with van der Waals surface area (Å²) in [7, 11) is 0. The Balaban J connectivity index is 1.60. The molecule has 1 aliphatic carbocycles. The average Bonchev–Trinajstić information content (AvgIpc) is 3.38. The van der Waals surface area contributed by atoms with Crippen molar-refractivity contribution in [2.45, 2.75) is 37.6 Å². The van der Waals surface area contributed by atoms with Crippen LogP contribution in [0.25, 0.3) is 0 Å². The standard InChI is InChI=1S/C27H25ClN2O5/c28-21-10-8-20(9-11-21)27(35-17-19-7-14-23(31)15-19)25-4-2-1-3-24(25)26(32)29(27)16-18-5-12-22(13-6-18)30(33)34/h1-6,8-13,19,23,31H,7,14-17H2. The Morgan fingerprint density at radius 2 is 1.77 bits per heavy atom. The Labute approximate surface area is 208 Å². The van der Waals surface area contributed by atoms with Crippen molar-refractivity contribution in [1.29, 1.82) is 0 Å². The molecular weight excluding hydrogens is 468 g/mol. The molecule has 0 radical (unpaired) electrons. The SMILES string of the molecule is O=C1c2ccccc2C(OCC2CCC(O)C2)(c2ccc(Cl)cc2)N1Cc1ccc([N+](=O)[O-])cc1. The van der Waals surface area contributed by atoms with Crippen LogP contribution in [-0.4, -0.2) is 33.5 Å². The zero-order valence-corrected chi connectivity index (χ0v) is 19.7. The number of rotatable bonds is 7. The molecule has 2 aliphatic rings.